The van der Waals surface area contributed by atoms with Crippen LogP contribution in [0.1, 0.15) is 18.4 Å². The van der Waals surface area contributed by atoms with Gasteiger partial charge >= 0.3 is 5.97 Å². The number of rotatable bonds is 6. The molecule has 0 bridgehead atoms. The van der Waals surface area contributed by atoms with E-state index in [1.165, 1.54) is 0 Å². The molecule has 0 radical (unpaired) electrons. The minimum absolute atomic E-state index is 0.0831. The van der Waals surface area contributed by atoms with Crippen molar-refractivity contribution in [3.8, 4) is 6.07 Å². The molecule has 0 fully saturated rings. The topological polar surface area (TPSA) is 64.3 Å². The molecular formula is C13H16N2O2. The SMILES string of the molecule is Cc1ccccc1N(CCC#N)CCC(=O)O. The molecule has 0 aromatic heterocycles. The van der Waals surface area contributed by atoms with E-state index < -0.39 is 5.97 Å². The predicted molar refractivity (Wildman–Crippen MR) is 65.9 cm³/mol. The minimum Gasteiger partial charge on any atom is -0.481 e. The number of nitrogens with zero attached hydrogens (tertiary/aromatic N) is 2. The van der Waals surface area contributed by atoms with Gasteiger partial charge in [0.25, 0.3) is 0 Å². The highest BCUT2D eigenvalue weighted by atomic mass is 16.4. The number of carbonyl (C=O) groups is 1. The lowest BCUT2D eigenvalue weighted by Gasteiger charge is -2.24. The van der Waals surface area contributed by atoms with Crippen molar-refractivity contribution in [2.24, 2.45) is 0 Å². The third-order valence-corrected chi connectivity index (χ3v) is 2.55. The summed E-state index contributed by atoms with van der Waals surface area (Å²) in [7, 11) is 0. The standard InChI is InChI=1S/C13H16N2O2/c1-11-5-2-3-6-12(11)15(9-4-8-14)10-7-13(16)17/h2-3,5-6H,4,7,9-10H2,1H3,(H,16,17). The fraction of sp³-hybridized carbons (Fsp3) is 0.385. The van der Waals surface area contributed by atoms with Gasteiger partial charge in [-0.15, -0.1) is 0 Å². The molecule has 1 aromatic rings. The molecule has 0 unspecified atom stereocenters. The van der Waals surface area contributed by atoms with Crippen molar-refractivity contribution in [2.45, 2.75) is 19.8 Å². The van der Waals surface area contributed by atoms with Crippen molar-refractivity contribution in [1.82, 2.24) is 0 Å². The van der Waals surface area contributed by atoms with Gasteiger partial charge in [0.2, 0.25) is 0 Å². The minimum atomic E-state index is -0.819. The second-order valence-corrected chi connectivity index (χ2v) is 3.83. The Labute approximate surface area is 101 Å². The van der Waals surface area contributed by atoms with Crippen molar-refractivity contribution in [2.75, 3.05) is 18.0 Å². The number of hydrogen-bond acceptors (Lipinski definition) is 3. The largest absolute Gasteiger partial charge is 0.481 e. The lowest BCUT2D eigenvalue weighted by atomic mass is 10.1. The van der Waals surface area contributed by atoms with Gasteiger partial charge in [0.1, 0.15) is 0 Å². The number of carboxylic acid groups (broad SMARTS) is 1. The Bertz CT molecular complexity index is 424. The Balaban J connectivity index is 2.78. The van der Waals surface area contributed by atoms with Crippen LogP contribution in [-0.2, 0) is 4.79 Å². The summed E-state index contributed by atoms with van der Waals surface area (Å²) in [5.74, 6) is -0.819. The number of benzene rings is 1. The van der Waals surface area contributed by atoms with Gasteiger partial charge in [-0.25, -0.2) is 0 Å². The van der Waals surface area contributed by atoms with Gasteiger partial charge < -0.3 is 10.0 Å². The molecule has 0 aliphatic carbocycles. The van der Waals surface area contributed by atoms with Crippen LogP contribution in [0.15, 0.2) is 24.3 Å². The first-order valence-corrected chi connectivity index (χ1v) is 5.54. The van der Waals surface area contributed by atoms with Crippen molar-refractivity contribution >= 4 is 11.7 Å². The van der Waals surface area contributed by atoms with E-state index in [0.29, 0.717) is 19.5 Å². The molecule has 4 nitrogen and oxygen atoms in total. The lowest BCUT2D eigenvalue weighted by molar-refractivity contribution is -0.136. The Kier molecular flexibility index (Phi) is 5.02. The van der Waals surface area contributed by atoms with E-state index in [1.807, 2.05) is 36.1 Å². The van der Waals surface area contributed by atoms with Gasteiger partial charge in [-0.3, -0.25) is 4.79 Å². The van der Waals surface area contributed by atoms with Gasteiger partial charge in [-0.1, -0.05) is 18.2 Å². The normalized spacial score (nSPS) is 9.65. The van der Waals surface area contributed by atoms with Crippen molar-refractivity contribution in [3.63, 3.8) is 0 Å². The van der Waals surface area contributed by atoms with E-state index in [0.717, 1.165) is 11.3 Å². The highest BCUT2D eigenvalue weighted by Gasteiger charge is 2.10. The summed E-state index contributed by atoms with van der Waals surface area (Å²) >= 11 is 0. The van der Waals surface area contributed by atoms with Crippen LogP contribution in [0.3, 0.4) is 0 Å². The van der Waals surface area contributed by atoms with Gasteiger partial charge in [0.05, 0.1) is 18.9 Å². The maximum Gasteiger partial charge on any atom is 0.305 e. The van der Waals surface area contributed by atoms with E-state index >= 15 is 0 Å². The average molecular weight is 232 g/mol. The van der Waals surface area contributed by atoms with Crippen molar-refractivity contribution in [3.05, 3.63) is 29.8 Å². The van der Waals surface area contributed by atoms with Crippen molar-refractivity contribution < 1.29 is 9.90 Å². The molecule has 1 aromatic carbocycles. The van der Waals surface area contributed by atoms with Crippen LogP contribution in [0.25, 0.3) is 0 Å². The number of aryl methyl sites for hydroxylation is 1. The van der Waals surface area contributed by atoms with Crippen LogP contribution in [0.2, 0.25) is 0 Å². The molecule has 0 aliphatic heterocycles. The highest BCUT2D eigenvalue weighted by molar-refractivity contribution is 5.68. The van der Waals surface area contributed by atoms with E-state index in [4.69, 9.17) is 10.4 Å². The molecule has 0 saturated carbocycles. The van der Waals surface area contributed by atoms with Crippen LogP contribution in [0, 0.1) is 18.3 Å². The first-order chi connectivity index (χ1) is 8.15. The Hall–Kier alpha value is -2.02. The highest BCUT2D eigenvalue weighted by Crippen LogP contribution is 2.19. The van der Waals surface area contributed by atoms with Gasteiger partial charge in [-0.05, 0) is 18.6 Å². The zero-order valence-electron chi connectivity index (χ0n) is 9.89. The van der Waals surface area contributed by atoms with Crippen LogP contribution >= 0.6 is 0 Å². The number of hydrogen-bond donors (Lipinski definition) is 1. The fourth-order valence-corrected chi connectivity index (χ4v) is 1.69. The lowest BCUT2D eigenvalue weighted by Crippen LogP contribution is -2.27. The number of anilines is 1. The van der Waals surface area contributed by atoms with Crippen LogP contribution < -0.4 is 4.90 Å². The Morgan fingerprint density at radius 1 is 1.41 bits per heavy atom. The Morgan fingerprint density at radius 3 is 2.71 bits per heavy atom. The third kappa shape index (κ3) is 4.15. The summed E-state index contributed by atoms with van der Waals surface area (Å²) in [5, 5.41) is 17.3. The molecule has 0 spiro atoms. The smallest absolute Gasteiger partial charge is 0.305 e. The fourth-order valence-electron chi connectivity index (χ4n) is 1.69. The van der Waals surface area contributed by atoms with E-state index in [-0.39, 0.29) is 6.42 Å². The van der Waals surface area contributed by atoms with E-state index in [9.17, 15) is 4.79 Å². The number of aliphatic carboxylic acids is 1. The van der Waals surface area contributed by atoms with Crippen LogP contribution in [-0.4, -0.2) is 24.2 Å². The maximum atomic E-state index is 10.6. The number of carboxylic acids is 1. The molecule has 0 atom stereocenters. The molecule has 17 heavy (non-hydrogen) atoms. The molecule has 90 valence electrons. The zero-order chi connectivity index (χ0) is 12.7. The summed E-state index contributed by atoms with van der Waals surface area (Å²) in [6, 6.07) is 9.88. The first-order valence-electron chi connectivity index (χ1n) is 5.54. The van der Waals surface area contributed by atoms with E-state index in [2.05, 4.69) is 6.07 Å². The monoisotopic (exact) mass is 232 g/mol. The molecule has 4 heteroatoms. The van der Waals surface area contributed by atoms with Crippen LogP contribution in [0.4, 0.5) is 5.69 Å². The number of nitriles is 1. The summed E-state index contributed by atoms with van der Waals surface area (Å²) in [6.07, 6.45) is 0.480. The molecule has 0 aliphatic rings. The molecule has 0 amide bonds. The third-order valence-electron chi connectivity index (χ3n) is 2.55. The molecule has 1 rings (SSSR count). The second kappa shape index (κ2) is 6.54. The van der Waals surface area contributed by atoms with E-state index in [1.54, 1.807) is 0 Å². The van der Waals surface area contributed by atoms with Gasteiger partial charge in [-0.2, -0.15) is 5.26 Å². The zero-order valence-corrected chi connectivity index (χ0v) is 9.89. The first kappa shape index (κ1) is 13.0. The summed E-state index contributed by atoms with van der Waals surface area (Å²) in [6.45, 7) is 2.98. The number of para-hydroxylation sites is 1. The van der Waals surface area contributed by atoms with Crippen LogP contribution in [0.5, 0.6) is 0 Å². The predicted octanol–water partition coefficient (Wildman–Crippen LogP) is 2.19. The van der Waals surface area contributed by atoms with Gasteiger partial charge in [0, 0.05) is 18.8 Å². The average Bonchev–Trinajstić information content (AvgIpc) is 2.30. The van der Waals surface area contributed by atoms with Gasteiger partial charge in [0.15, 0.2) is 0 Å². The molecule has 1 N–H and O–H groups in total. The summed E-state index contributed by atoms with van der Waals surface area (Å²) in [4.78, 5) is 12.6. The molecular weight excluding hydrogens is 216 g/mol. The summed E-state index contributed by atoms with van der Waals surface area (Å²) < 4.78 is 0. The Morgan fingerprint density at radius 2 is 2.12 bits per heavy atom. The second-order valence-electron chi connectivity index (χ2n) is 3.83. The maximum absolute atomic E-state index is 10.6. The quantitative estimate of drug-likeness (QED) is 0.816. The summed E-state index contributed by atoms with van der Waals surface area (Å²) in [5.41, 5.74) is 2.10. The molecule has 0 heterocycles. The molecule has 0 saturated heterocycles. The van der Waals surface area contributed by atoms with Crippen molar-refractivity contribution in [1.29, 1.82) is 5.26 Å².